The summed E-state index contributed by atoms with van der Waals surface area (Å²) in [6, 6.07) is 3.28. The first-order valence-corrected chi connectivity index (χ1v) is 10.3. The number of thioether (sulfide) groups is 1. The van der Waals surface area contributed by atoms with Crippen molar-refractivity contribution < 1.29 is 18.7 Å². The number of rotatable bonds is 7. The highest BCUT2D eigenvalue weighted by Crippen LogP contribution is 2.32. The van der Waals surface area contributed by atoms with Crippen molar-refractivity contribution in [3.63, 3.8) is 0 Å². The molecule has 1 saturated carbocycles. The lowest BCUT2D eigenvalue weighted by Crippen LogP contribution is -2.47. The molecule has 1 N–H and O–H groups in total. The lowest BCUT2D eigenvalue weighted by atomic mass is 9.86. The fourth-order valence-electron chi connectivity index (χ4n) is 3.66. The Hall–Kier alpha value is -0.570. The van der Waals surface area contributed by atoms with Crippen molar-refractivity contribution in [2.45, 2.75) is 76.0 Å². The zero-order valence-electron chi connectivity index (χ0n) is 15.7. The standard InChI is InChI=1S/C19H27NO4S.CH4.2H2S/c1-13-18(16(21)11-24-13)20-19(22)17(10-14-6-3-2-4-7-14)25-12-15-8-5-9-23-15;;;/h5,8-9,13-14,17-18H,2-4,6-7,10-12H2,1H3,(H,20,22);1H4;2*1H2/t13-,17-,18+;;;/m0.../s1. The molecule has 162 valence electrons. The summed E-state index contributed by atoms with van der Waals surface area (Å²) in [7, 11) is 0. The summed E-state index contributed by atoms with van der Waals surface area (Å²) < 4.78 is 10.7. The van der Waals surface area contributed by atoms with E-state index in [2.05, 4.69) is 5.32 Å². The van der Waals surface area contributed by atoms with Crippen LogP contribution in [0, 0.1) is 5.92 Å². The summed E-state index contributed by atoms with van der Waals surface area (Å²) >= 11 is 1.61. The summed E-state index contributed by atoms with van der Waals surface area (Å²) in [5.41, 5.74) is 0. The lowest BCUT2D eigenvalue weighted by molar-refractivity contribution is -0.126. The second-order valence-corrected chi connectivity index (χ2v) is 8.28. The average Bonchev–Trinajstić information content (AvgIpc) is 3.24. The first-order chi connectivity index (χ1) is 12.1. The normalized spacial score (nSPS) is 23.1. The van der Waals surface area contributed by atoms with Crippen molar-refractivity contribution >= 4 is 50.4 Å². The largest absolute Gasteiger partial charge is 0.468 e. The van der Waals surface area contributed by atoms with Gasteiger partial charge < -0.3 is 14.5 Å². The molecule has 0 bridgehead atoms. The fourth-order valence-corrected chi connectivity index (χ4v) is 4.82. The van der Waals surface area contributed by atoms with Gasteiger partial charge in [0.05, 0.1) is 23.4 Å². The van der Waals surface area contributed by atoms with Gasteiger partial charge in [0.1, 0.15) is 18.4 Å². The minimum atomic E-state index is -0.509. The van der Waals surface area contributed by atoms with Gasteiger partial charge in [0.2, 0.25) is 5.91 Å². The molecule has 2 aliphatic rings. The Labute approximate surface area is 187 Å². The van der Waals surface area contributed by atoms with E-state index in [0.29, 0.717) is 11.7 Å². The number of ketones is 1. The van der Waals surface area contributed by atoms with Gasteiger partial charge in [0.15, 0.2) is 5.78 Å². The molecule has 0 spiro atoms. The first-order valence-electron chi connectivity index (χ1n) is 9.22. The molecule has 1 amide bonds. The van der Waals surface area contributed by atoms with E-state index in [4.69, 9.17) is 9.15 Å². The number of amides is 1. The predicted molar refractivity (Wildman–Crippen MR) is 125 cm³/mol. The SMILES string of the molecule is C.C[C@@H]1OCC(=O)[C@@H]1NC(=O)[C@H](CC1CCCCC1)SCc1ccco1.S.S. The van der Waals surface area contributed by atoms with Gasteiger partial charge in [-0.15, -0.1) is 11.8 Å². The molecular formula is C20H35NO4S3. The Balaban J connectivity index is 0.00000243. The van der Waals surface area contributed by atoms with Crippen LogP contribution in [-0.2, 0) is 20.1 Å². The summed E-state index contributed by atoms with van der Waals surface area (Å²) in [5, 5.41) is 2.77. The maximum atomic E-state index is 12.9. The lowest BCUT2D eigenvalue weighted by Gasteiger charge is -2.26. The van der Waals surface area contributed by atoms with Gasteiger partial charge in [-0.3, -0.25) is 9.59 Å². The van der Waals surface area contributed by atoms with Crippen LogP contribution in [-0.4, -0.2) is 35.7 Å². The van der Waals surface area contributed by atoms with Gasteiger partial charge >= 0.3 is 0 Å². The maximum Gasteiger partial charge on any atom is 0.233 e. The zero-order chi connectivity index (χ0) is 17.6. The molecule has 2 heterocycles. The van der Waals surface area contributed by atoms with E-state index in [1.165, 1.54) is 32.1 Å². The Morgan fingerprint density at radius 1 is 1.29 bits per heavy atom. The van der Waals surface area contributed by atoms with Gasteiger partial charge in [0.25, 0.3) is 0 Å². The van der Waals surface area contributed by atoms with Crippen LogP contribution >= 0.6 is 38.8 Å². The van der Waals surface area contributed by atoms with Crippen molar-refractivity contribution in [3.05, 3.63) is 24.2 Å². The van der Waals surface area contributed by atoms with E-state index in [0.717, 1.165) is 12.2 Å². The number of Topliss-reactive ketones (excluding diaryl/α,β-unsaturated/α-hetero) is 1. The van der Waals surface area contributed by atoms with E-state index >= 15 is 0 Å². The summed E-state index contributed by atoms with van der Waals surface area (Å²) in [6.45, 7) is 1.93. The van der Waals surface area contributed by atoms with Gasteiger partial charge in [-0.25, -0.2) is 0 Å². The van der Waals surface area contributed by atoms with E-state index in [-0.39, 0.29) is 64.1 Å². The van der Waals surface area contributed by atoms with E-state index in [1.807, 2.05) is 19.1 Å². The number of hydrogen-bond acceptors (Lipinski definition) is 5. The fraction of sp³-hybridized carbons (Fsp3) is 0.700. The van der Waals surface area contributed by atoms with Gasteiger partial charge in [0, 0.05) is 0 Å². The highest BCUT2D eigenvalue weighted by Gasteiger charge is 2.36. The van der Waals surface area contributed by atoms with Crippen LogP contribution < -0.4 is 5.32 Å². The van der Waals surface area contributed by atoms with Crippen molar-refractivity contribution in [2.75, 3.05) is 6.61 Å². The monoisotopic (exact) mass is 449 g/mol. The number of furan rings is 1. The van der Waals surface area contributed by atoms with Crippen LogP contribution in [0.1, 0.15) is 58.6 Å². The van der Waals surface area contributed by atoms with E-state index < -0.39 is 6.04 Å². The molecule has 28 heavy (non-hydrogen) atoms. The van der Waals surface area contributed by atoms with Crippen LogP contribution in [0.2, 0.25) is 0 Å². The van der Waals surface area contributed by atoms with Gasteiger partial charge in [-0.1, -0.05) is 39.5 Å². The van der Waals surface area contributed by atoms with Crippen molar-refractivity contribution in [1.82, 2.24) is 5.32 Å². The van der Waals surface area contributed by atoms with Crippen LogP contribution in [0.5, 0.6) is 0 Å². The Bertz CT molecular complexity index is 576. The van der Waals surface area contributed by atoms with Crippen molar-refractivity contribution in [3.8, 4) is 0 Å². The third-order valence-electron chi connectivity index (χ3n) is 5.17. The van der Waals surface area contributed by atoms with Gasteiger partial charge in [-0.2, -0.15) is 27.0 Å². The highest BCUT2D eigenvalue weighted by molar-refractivity contribution is 7.99. The second-order valence-electron chi connectivity index (χ2n) is 7.09. The Kier molecular flexibility index (Phi) is 13.3. The molecule has 3 rings (SSSR count). The molecule has 1 aromatic rings. The first kappa shape index (κ1) is 27.4. The molecular weight excluding hydrogens is 414 g/mol. The molecule has 1 aromatic heterocycles. The van der Waals surface area contributed by atoms with Crippen LogP contribution in [0.25, 0.3) is 0 Å². The smallest absolute Gasteiger partial charge is 0.233 e. The molecule has 2 fully saturated rings. The maximum absolute atomic E-state index is 12.9. The average molecular weight is 450 g/mol. The predicted octanol–water partition coefficient (Wildman–Crippen LogP) is 4.19. The van der Waals surface area contributed by atoms with Crippen molar-refractivity contribution in [1.29, 1.82) is 0 Å². The number of nitrogens with one attached hydrogen (secondary N) is 1. The summed E-state index contributed by atoms with van der Waals surface area (Å²) in [6.07, 6.45) is 8.50. The van der Waals surface area contributed by atoms with Crippen LogP contribution in [0.3, 0.4) is 0 Å². The third kappa shape index (κ3) is 7.69. The Morgan fingerprint density at radius 3 is 2.57 bits per heavy atom. The molecule has 1 saturated heterocycles. The molecule has 1 aliphatic heterocycles. The molecule has 0 unspecified atom stereocenters. The minimum Gasteiger partial charge on any atom is -0.468 e. The molecule has 0 aromatic carbocycles. The van der Waals surface area contributed by atoms with Crippen LogP contribution in [0.4, 0.5) is 0 Å². The van der Waals surface area contributed by atoms with E-state index in [9.17, 15) is 9.59 Å². The molecule has 0 radical (unpaired) electrons. The summed E-state index contributed by atoms with van der Waals surface area (Å²) in [4.78, 5) is 24.8. The van der Waals surface area contributed by atoms with Gasteiger partial charge in [-0.05, 0) is 31.4 Å². The topological polar surface area (TPSA) is 68.5 Å². The molecule has 3 atom stereocenters. The zero-order valence-corrected chi connectivity index (χ0v) is 18.6. The van der Waals surface area contributed by atoms with Crippen LogP contribution in [0.15, 0.2) is 22.8 Å². The number of carbonyl (C=O) groups is 2. The quantitative estimate of drug-likeness (QED) is 0.676. The molecule has 5 nitrogen and oxygen atoms in total. The second kappa shape index (κ2) is 13.6. The third-order valence-corrected chi connectivity index (χ3v) is 6.43. The molecule has 8 heteroatoms. The van der Waals surface area contributed by atoms with E-state index in [1.54, 1.807) is 18.0 Å². The minimum absolute atomic E-state index is 0. The number of carbonyl (C=O) groups excluding carboxylic acids is 2. The molecule has 1 aliphatic carbocycles. The van der Waals surface area contributed by atoms with Crippen molar-refractivity contribution in [2.24, 2.45) is 5.92 Å². The highest BCUT2D eigenvalue weighted by atomic mass is 32.2. The summed E-state index contributed by atoms with van der Waals surface area (Å²) in [5.74, 6) is 2.07. The number of hydrogen-bond donors (Lipinski definition) is 1. The number of ether oxygens (including phenoxy) is 1. The Morgan fingerprint density at radius 2 is 2.00 bits per heavy atom.